The van der Waals surface area contributed by atoms with E-state index in [0.717, 1.165) is 41.0 Å². The first-order chi connectivity index (χ1) is 15.9. The van der Waals surface area contributed by atoms with Gasteiger partial charge in [-0.25, -0.2) is 9.78 Å². The third-order valence-electron chi connectivity index (χ3n) is 5.94. The molecule has 4 aromatic rings. The van der Waals surface area contributed by atoms with Crippen LogP contribution in [0.1, 0.15) is 27.9 Å². The number of nitrogens with zero attached hydrogens (tertiary/aromatic N) is 3. The van der Waals surface area contributed by atoms with Gasteiger partial charge in [0.15, 0.2) is 0 Å². The molecule has 0 fully saturated rings. The number of para-hydroxylation sites is 1. The van der Waals surface area contributed by atoms with Gasteiger partial charge < -0.3 is 10.0 Å². The topological polar surface area (TPSA) is 92.5 Å². The number of anilines is 1. The standard InChI is InChI=1S/C25H21N3O4S/c1-15-8-10-17(11-9-15)22-26-23-21(18(14-33-23)25(31)32)24(30)28(22)13-20(29)27-12-4-6-16-5-2-3-7-19(16)27/h2-3,5,7-11,14H,4,6,12-13H2,1H3,(H,31,32). The molecule has 0 spiro atoms. The van der Waals surface area contributed by atoms with Gasteiger partial charge in [-0.1, -0.05) is 48.0 Å². The highest BCUT2D eigenvalue weighted by Gasteiger charge is 2.26. The normalized spacial score (nSPS) is 13.2. The third kappa shape index (κ3) is 3.72. The van der Waals surface area contributed by atoms with E-state index in [1.807, 2.05) is 55.5 Å². The zero-order valence-corrected chi connectivity index (χ0v) is 18.8. The molecule has 166 valence electrons. The van der Waals surface area contributed by atoms with Crippen LogP contribution in [0.2, 0.25) is 0 Å². The van der Waals surface area contributed by atoms with Gasteiger partial charge in [-0.3, -0.25) is 14.2 Å². The second-order valence-corrected chi connectivity index (χ2v) is 8.96. The molecule has 1 amide bonds. The monoisotopic (exact) mass is 459 g/mol. The molecule has 3 heterocycles. The summed E-state index contributed by atoms with van der Waals surface area (Å²) in [6.45, 7) is 2.30. The van der Waals surface area contributed by atoms with Gasteiger partial charge in [-0.15, -0.1) is 11.3 Å². The summed E-state index contributed by atoms with van der Waals surface area (Å²) >= 11 is 1.11. The number of carboxylic acids is 1. The molecule has 0 atom stereocenters. The molecule has 7 nitrogen and oxygen atoms in total. The number of hydrogen-bond acceptors (Lipinski definition) is 5. The van der Waals surface area contributed by atoms with Crippen molar-refractivity contribution in [2.75, 3.05) is 11.4 Å². The van der Waals surface area contributed by atoms with Crippen molar-refractivity contribution < 1.29 is 14.7 Å². The quantitative estimate of drug-likeness (QED) is 0.496. The maximum Gasteiger partial charge on any atom is 0.337 e. The Bertz CT molecular complexity index is 1450. The molecule has 0 saturated carbocycles. The molecule has 33 heavy (non-hydrogen) atoms. The van der Waals surface area contributed by atoms with Crippen molar-refractivity contribution in [1.82, 2.24) is 9.55 Å². The molecule has 0 aliphatic carbocycles. The summed E-state index contributed by atoms with van der Waals surface area (Å²) < 4.78 is 1.31. The minimum atomic E-state index is -1.19. The Morgan fingerprint density at radius 1 is 1.12 bits per heavy atom. The van der Waals surface area contributed by atoms with Crippen LogP contribution in [0.25, 0.3) is 21.6 Å². The largest absolute Gasteiger partial charge is 0.478 e. The number of amides is 1. The number of benzene rings is 2. The zero-order chi connectivity index (χ0) is 23.1. The van der Waals surface area contributed by atoms with Crippen LogP contribution in [0.3, 0.4) is 0 Å². The number of hydrogen-bond donors (Lipinski definition) is 1. The van der Waals surface area contributed by atoms with Crippen molar-refractivity contribution in [2.24, 2.45) is 0 Å². The summed E-state index contributed by atoms with van der Waals surface area (Å²) in [5, 5.41) is 11.0. The second kappa shape index (κ2) is 8.29. The van der Waals surface area contributed by atoms with Crippen molar-refractivity contribution in [2.45, 2.75) is 26.3 Å². The van der Waals surface area contributed by atoms with E-state index in [0.29, 0.717) is 22.8 Å². The van der Waals surface area contributed by atoms with Crippen molar-refractivity contribution >= 4 is 39.1 Å². The van der Waals surface area contributed by atoms with Crippen LogP contribution < -0.4 is 10.5 Å². The fourth-order valence-electron chi connectivity index (χ4n) is 4.26. The number of carboxylic acid groups (broad SMARTS) is 1. The summed E-state index contributed by atoms with van der Waals surface area (Å²) in [7, 11) is 0. The summed E-state index contributed by atoms with van der Waals surface area (Å²) in [5.41, 5.74) is 3.09. The second-order valence-electron chi connectivity index (χ2n) is 8.11. The highest BCUT2D eigenvalue weighted by Crippen LogP contribution is 2.28. The number of aromatic nitrogens is 2. The van der Waals surface area contributed by atoms with Crippen molar-refractivity contribution in [3.05, 3.63) is 81.0 Å². The third-order valence-corrected chi connectivity index (χ3v) is 6.81. The Hall–Kier alpha value is -3.78. The van der Waals surface area contributed by atoms with Crippen LogP contribution in [-0.4, -0.2) is 33.1 Å². The van der Waals surface area contributed by atoms with E-state index in [9.17, 15) is 19.5 Å². The maximum absolute atomic E-state index is 13.5. The predicted molar refractivity (Wildman–Crippen MR) is 128 cm³/mol. The number of carbonyl (C=O) groups excluding carboxylic acids is 1. The highest BCUT2D eigenvalue weighted by molar-refractivity contribution is 7.17. The zero-order valence-electron chi connectivity index (χ0n) is 17.9. The summed E-state index contributed by atoms with van der Waals surface area (Å²) in [4.78, 5) is 45.4. The van der Waals surface area contributed by atoms with Gasteiger partial charge in [0.1, 0.15) is 17.2 Å². The fourth-order valence-corrected chi connectivity index (χ4v) is 5.17. The molecule has 2 aromatic heterocycles. The van der Waals surface area contributed by atoms with Gasteiger partial charge in [-0.05, 0) is 31.4 Å². The van der Waals surface area contributed by atoms with Gasteiger partial charge in [-0.2, -0.15) is 0 Å². The number of thiophene rings is 1. The molecule has 2 aromatic carbocycles. The Labute approximate surface area is 193 Å². The lowest BCUT2D eigenvalue weighted by atomic mass is 10.0. The van der Waals surface area contributed by atoms with Gasteiger partial charge in [0.25, 0.3) is 5.56 Å². The Kier molecular flexibility index (Phi) is 5.30. The molecule has 0 bridgehead atoms. The van der Waals surface area contributed by atoms with Gasteiger partial charge in [0, 0.05) is 23.2 Å². The van der Waals surface area contributed by atoms with Crippen LogP contribution >= 0.6 is 11.3 Å². The first-order valence-electron chi connectivity index (χ1n) is 10.6. The number of rotatable bonds is 4. The van der Waals surface area contributed by atoms with Crippen LogP contribution in [0.15, 0.2) is 58.7 Å². The molecule has 0 unspecified atom stereocenters. The first-order valence-corrected chi connectivity index (χ1v) is 11.5. The summed E-state index contributed by atoms with van der Waals surface area (Å²) in [5.74, 6) is -1.07. The number of carbonyl (C=O) groups is 2. The highest BCUT2D eigenvalue weighted by atomic mass is 32.1. The molecule has 1 aliphatic rings. The molecule has 5 rings (SSSR count). The predicted octanol–water partition coefficient (Wildman–Crippen LogP) is 4.11. The first kappa shape index (κ1) is 21.1. The number of fused-ring (bicyclic) bond motifs is 2. The average Bonchev–Trinajstić information content (AvgIpc) is 3.25. The van der Waals surface area contributed by atoms with Gasteiger partial charge in [0.2, 0.25) is 5.91 Å². The smallest absolute Gasteiger partial charge is 0.337 e. The van der Waals surface area contributed by atoms with E-state index in [4.69, 9.17) is 0 Å². The molecule has 0 saturated heterocycles. The van der Waals surface area contributed by atoms with Crippen molar-refractivity contribution in [3.63, 3.8) is 0 Å². The van der Waals surface area contributed by atoms with Crippen molar-refractivity contribution in [3.8, 4) is 11.4 Å². The van der Waals surface area contributed by atoms with Crippen LogP contribution in [0.5, 0.6) is 0 Å². The van der Waals surface area contributed by atoms with E-state index in [-0.39, 0.29) is 23.4 Å². The van der Waals surface area contributed by atoms with Gasteiger partial charge in [0.05, 0.1) is 10.9 Å². The molecule has 1 N–H and O–H groups in total. The fraction of sp³-hybridized carbons (Fsp3) is 0.200. The van der Waals surface area contributed by atoms with Gasteiger partial charge >= 0.3 is 5.97 Å². The average molecular weight is 460 g/mol. The molecule has 8 heteroatoms. The van der Waals surface area contributed by atoms with Crippen LogP contribution in [0.4, 0.5) is 5.69 Å². The maximum atomic E-state index is 13.5. The molecule has 1 aliphatic heterocycles. The minimum absolute atomic E-state index is 0.0372. The van der Waals surface area contributed by atoms with Crippen molar-refractivity contribution in [1.29, 1.82) is 0 Å². The molecular weight excluding hydrogens is 438 g/mol. The Balaban J connectivity index is 1.65. The summed E-state index contributed by atoms with van der Waals surface area (Å²) in [6.07, 6.45) is 1.74. The summed E-state index contributed by atoms with van der Waals surface area (Å²) in [6, 6.07) is 15.3. The lowest BCUT2D eigenvalue weighted by Crippen LogP contribution is -2.40. The molecule has 0 radical (unpaired) electrons. The van der Waals surface area contributed by atoms with E-state index in [1.54, 1.807) is 4.90 Å². The number of aromatic carboxylic acids is 1. The lowest BCUT2D eigenvalue weighted by molar-refractivity contribution is -0.119. The Morgan fingerprint density at radius 3 is 2.64 bits per heavy atom. The minimum Gasteiger partial charge on any atom is -0.478 e. The SMILES string of the molecule is Cc1ccc(-c2nc3scc(C(=O)O)c3c(=O)n2CC(=O)N2CCCc3ccccc32)cc1. The molecular formula is C25H21N3O4S. The van der Waals surface area contributed by atoms with E-state index >= 15 is 0 Å². The van der Waals surface area contributed by atoms with Crippen LogP contribution in [-0.2, 0) is 17.8 Å². The van der Waals surface area contributed by atoms with Crippen LogP contribution in [0, 0.1) is 6.92 Å². The van der Waals surface area contributed by atoms with E-state index in [2.05, 4.69) is 4.98 Å². The number of aryl methyl sites for hydroxylation is 2. The lowest BCUT2D eigenvalue weighted by Gasteiger charge is -2.30. The van der Waals surface area contributed by atoms with E-state index in [1.165, 1.54) is 9.95 Å². The Morgan fingerprint density at radius 2 is 1.88 bits per heavy atom. The van der Waals surface area contributed by atoms with E-state index < -0.39 is 11.5 Å².